The van der Waals surface area contributed by atoms with Gasteiger partial charge in [0.2, 0.25) is 29.6 Å². The summed E-state index contributed by atoms with van der Waals surface area (Å²) in [5, 5.41) is 23.2. The zero-order chi connectivity index (χ0) is 50.5. The third-order valence-electron chi connectivity index (χ3n) is 10.8. The molecule has 0 saturated carbocycles. The lowest BCUT2D eigenvalue weighted by Gasteiger charge is -2.16. The third-order valence-corrected chi connectivity index (χ3v) is 12.3. The first-order chi connectivity index (χ1) is 34.6. The topological polar surface area (TPSA) is 254 Å². The Labute approximate surface area is 416 Å². The number of thioether (sulfide) groups is 1. The van der Waals surface area contributed by atoms with Crippen LogP contribution in [-0.2, 0) is 38.1 Å². The van der Waals surface area contributed by atoms with E-state index in [1.54, 1.807) is 30.3 Å². The number of nitrogens with zero attached hydrogens (tertiary/aromatic N) is 2. The molecule has 71 heavy (non-hydrogen) atoms. The van der Waals surface area contributed by atoms with E-state index in [1.807, 2.05) is 11.8 Å². The second kappa shape index (κ2) is 32.0. The average molecular weight is 1010 g/mol. The highest BCUT2D eigenvalue weighted by Gasteiger charge is 2.42. The number of halogens is 2. The molecule has 0 radical (unpaired) electrons. The van der Waals surface area contributed by atoms with Crippen molar-refractivity contribution in [2.24, 2.45) is 0 Å². The number of fused-ring (bicyclic) bond motifs is 1. The van der Waals surface area contributed by atoms with E-state index in [9.17, 15) is 32.8 Å². The van der Waals surface area contributed by atoms with E-state index >= 15 is 0 Å². The number of amides is 6. The number of urea groups is 1. The van der Waals surface area contributed by atoms with Gasteiger partial charge < -0.3 is 66.2 Å². The van der Waals surface area contributed by atoms with Crippen LogP contribution in [0.5, 0.6) is 5.75 Å². The minimum absolute atomic E-state index is 0.00120. The molecule has 2 fully saturated rings. The zero-order valence-electron chi connectivity index (χ0n) is 39.8. The van der Waals surface area contributed by atoms with Crippen LogP contribution in [0.4, 0.5) is 42.4 Å². The molecule has 23 heteroatoms. The summed E-state index contributed by atoms with van der Waals surface area (Å²) in [5.74, 6) is -1.29. The lowest BCUT2D eigenvalue weighted by Crippen LogP contribution is -2.36. The Bertz CT molecular complexity index is 2180. The number of ether oxygens (including phenoxy) is 5. The summed E-state index contributed by atoms with van der Waals surface area (Å²) in [4.78, 5) is 67.6. The van der Waals surface area contributed by atoms with E-state index in [1.165, 1.54) is 12.1 Å². The molecule has 2 aromatic carbocycles. The SMILES string of the molecule is C=CC(=O)Nc1cccc(Nc2nc(Nc3ccc(OCCOCCNC(=O)CCCC(=O)NCCCOCCOCCOCCCNC(=O)CCCC[C@@H]4SC[C@@H]5NC(=O)NC54)c(F)c3)ncc2F)c1. The second-order valence-corrected chi connectivity index (χ2v) is 17.6. The Morgan fingerprint density at radius 3 is 2.04 bits per heavy atom. The van der Waals surface area contributed by atoms with E-state index in [-0.39, 0.29) is 92.6 Å². The molecule has 0 aliphatic carbocycles. The number of unbranched alkanes of at least 4 members (excludes halogenated alkanes) is 1. The van der Waals surface area contributed by atoms with Crippen molar-refractivity contribution < 1.29 is 56.4 Å². The quantitative estimate of drug-likeness (QED) is 0.0221. The van der Waals surface area contributed by atoms with Gasteiger partial charge in [0, 0.05) is 86.2 Å². The van der Waals surface area contributed by atoms with Gasteiger partial charge in [0.25, 0.3) is 0 Å². The predicted octanol–water partition coefficient (Wildman–Crippen LogP) is 4.84. The van der Waals surface area contributed by atoms with Gasteiger partial charge in [-0.2, -0.15) is 16.7 Å². The molecule has 8 N–H and O–H groups in total. The minimum Gasteiger partial charge on any atom is -0.488 e. The Morgan fingerprint density at radius 1 is 0.704 bits per heavy atom. The largest absolute Gasteiger partial charge is 0.488 e. The fourth-order valence-electron chi connectivity index (χ4n) is 7.21. The monoisotopic (exact) mass is 1010 g/mol. The highest BCUT2D eigenvalue weighted by molar-refractivity contribution is 8.00. The molecule has 20 nitrogen and oxygen atoms in total. The van der Waals surface area contributed by atoms with Gasteiger partial charge in [-0.25, -0.2) is 18.6 Å². The summed E-state index contributed by atoms with van der Waals surface area (Å²) in [6.07, 6.45) is 7.56. The molecule has 2 saturated heterocycles. The molecule has 0 spiro atoms. The summed E-state index contributed by atoms with van der Waals surface area (Å²) >= 11 is 1.89. The Kier molecular flexibility index (Phi) is 25.1. The Morgan fingerprint density at radius 2 is 1.34 bits per heavy atom. The molecular formula is C48H66F2N10O10S. The van der Waals surface area contributed by atoms with Crippen molar-refractivity contribution >= 4 is 70.3 Å². The van der Waals surface area contributed by atoms with Crippen molar-refractivity contribution in [3.8, 4) is 5.75 Å². The van der Waals surface area contributed by atoms with Crippen LogP contribution < -0.4 is 47.3 Å². The molecule has 2 aliphatic heterocycles. The number of carbonyl (C=O) groups excluding carboxylic acids is 5. The van der Waals surface area contributed by atoms with Crippen LogP contribution in [0.25, 0.3) is 0 Å². The molecule has 2 aliphatic rings. The second-order valence-electron chi connectivity index (χ2n) is 16.3. The minimum atomic E-state index is -0.730. The van der Waals surface area contributed by atoms with Crippen LogP contribution in [-0.4, -0.2) is 142 Å². The summed E-state index contributed by atoms with van der Waals surface area (Å²) in [5.41, 5.74) is 1.21. The van der Waals surface area contributed by atoms with Crippen LogP contribution in [0.1, 0.15) is 57.8 Å². The molecule has 388 valence electrons. The summed E-state index contributed by atoms with van der Waals surface area (Å²) < 4.78 is 56.9. The van der Waals surface area contributed by atoms with Gasteiger partial charge in [-0.05, 0) is 68.5 Å². The Balaban J connectivity index is 0.763. The first-order valence-corrected chi connectivity index (χ1v) is 24.9. The van der Waals surface area contributed by atoms with Crippen molar-refractivity contribution in [3.05, 3.63) is 73.0 Å². The maximum atomic E-state index is 14.8. The molecule has 6 amide bonds. The number of anilines is 5. The highest BCUT2D eigenvalue weighted by Crippen LogP contribution is 2.33. The maximum absolute atomic E-state index is 14.8. The molecule has 3 aromatic rings. The van der Waals surface area contributed by atoms with Crippen molar-refractivity contribution in [2.75, 3.05) is 101 Å². The first kappa shape index (κ1) is 55.8. The van der Waals surface area contributed by atoms with Gasteiger partial charge >= 0.3 is 6.03 Å². The van der Waals surface area contributed by atoms with Gasteiger partial charge in [-0.15, -0.1) is 0 Å². The third kappa shape index (κ3) is 21.8. The van der Waals surface area contributed by atoms with Gasteiger partial charge in [0.05, 0.1) is 57.9 Å². The van der Waals surface area contributed by atoms with Crippen LogP contribution in [0.3, 0.4) is 0 Å². The van der Waals surface area contributed by atoms with E-state index in [0.29, 0.717) is 94.3 Å². The zero-order valence-corrected chi connectivity index (χ0v) is 40.6. The normalized spacial score (nSPS) is 15.7. The summed E-state index contributed by atoms with van der Waals surface area (Å²) in [7, 11) is 0. The van der Waals surface area contributed by atoms with Crippen LogP contribution in [0, 0.1) is 11.6 Å². The van der Waals surface area contributed by atoms with E-state index in [4.69, 9.17) is 23.7 Å². The number of benzene rings is 2. The standard InChI is InChI=1S/C48H66F2N10O10S/c1-2-41(61)55-33-9-5-10-34(29-33)56-46-37(50)31-54-47(60-46)57-35-15-16-39(36(49)30-35)70-28-27-68-22-19-53-44(64)14-6-13-43(63)52-18-8-21-67-24-26-69-25-23-66-20-7-17-51-42(62)12-4-3-11-40-45-38(32-71-40)58-48(65)59-45/h2,5,9-10,15-16,29-31,38,40,45H,1,3-4,6-8,11-14,17-28,32H2,(H,51,62)(H,52,63)(H,53,64)(H,55,61)(H2,58,59,65)(H2,54,56,57,60)/t38-,40-,45?/m0/s1. The molecule has 0 bridgehead atoms. The fourth-order valence-corrected chi connectivity index (χ4v) is 8.76. The van der Waals surface area contributed by atoms with E-state index in [2.05, 4.69) is 59.1 Å². The molecule has 3 atom stereocenters. The number of rotatable bonds is 36. The van der Waals surface area contributed by atoms with Crippen molar-refractivity contribution in [1.29, 1.82) is 0 Å². The number of hydrogen-bond donors (Lipinski definition) is 8. The van der Waals surface area contributed by atoms with Crippen LogP contribution >= 0.6 is 11.8 Å². The van der Waals surface area contributed by atoms with E-state index in [0.717, 1.165) is 43.7 Å². The lowest BCUT2D eigenvalue weighted by atomic mass is 10.0. The van der Waals surface area contributed by atoms with Crippen LogP contribution in [0.15, 0.2) is 61.3 Å². The number of nitrogens with one attached hydrogen (secondary N) is 8. The van der Waals surface area contributed by atoms with Gasteiger partial charge in [-0.1, -0.05) is 19.1 Å². The lowest BCUT2D eigenvalue weighted by molar-refractivity contribution is -0.123. The van der Waals surface area contributed by atoms with Gasteiger partial charge in [-0.3, -0.25) is 19.2 Å². The van der Waals surface area contributed by atoms with Crippen molar-refractivity contribution in [1.82, 2.24) is 36.6 Å². The Hall–Kier alpha value is -6.14. The number of carbonyl (C=O) groups is 5. The average Bonchev–Trinajstić information content (AvgIpc) is 3.91. The number of hydrogen-bond acceptors (Lipinski definition) is 15. The number of aromatic nitrogens is 2. The fraction of sp³-hybridized carbons (Fsp3) is 0.521. The molecule has 3 heterocycles. The molecule has 1 unspecified atom stereocenters. The van der Waals surface area contributed by atoms with Gasteiger partial charge in [0.1, 0.15) is 6.61 Å². The van der Waals surface area contributed by atoms with Crippen molar-refractivity contribution in [3.63, 3.8) is 0 Å². The maximum Gasteiger partial charge on any atom is 0.315 e. The first-order valence-electron chi connectivity index (χ1n) is 23.9. The van der Waals surface area contributed by atoms with Gasteiger partial charge in [0.15, 0.2) is 23.2 Å². The van der Waals surface area contributed by atoms with E-state index < -0.39 is 17.5 Å². The molecule has 5 rings (SSSR count). The summed E-state index contributed by atoms with van der Waals surface area (Å²) in [6.45, 7) is 7.86. The summed E-state index contributed by atoms with van der Waals surface area (Å²) in [6, 6.07) is 11.1. The molecular weight excluding hydrogens is 947 g/mol. The molecule has 1 aromatic heterocycles. The van der Waals surface area contributed by atoms with Crippen LogP contribution in [0.2, 0.25) is 0 Å². The highest BCUT2D eigenvalue weighted by atomic mass is 32.2. The van der Waals surface area contributed by atoms with Crippen molar-refractivity contribution in [2.45, 2.75) is 75.1 Å². The smallest absolute Gasteiger partial charge is 0.315 e. The predicted molar refractivity (Wildman–Crippen MR) is 265 cm³/mol.